The van der Waals surface area contributed by atoms with Gasteiger partial charge in [-0.2, -0.15) is 5.26 Å². The first-order valence-corrected chi connectivity index (χ1v) is 7.77. The molecule has 2 nitrogen and oxygen atoms in total. The highest BCUT2D eigenvalue weighted by atomic mass is 35.5. The average molecular weight is 317 g/mol. The first-order valence-electron chi connectivity index (χ1n) is 7.39. The number of pyridine rings is 1. The van der Waals surface area contributed by atoms with E-state index >= 15 is 0 Å². The fraction of sp³-hybridized carbons (Fsp3) is 0.0500. The van der Waals surface area contributed by atoms with Gasteiger partial charge < -0.3 is 4.40 Å². The van der Waals surface area contributed by atoms with E-state index in [1.54, 1.807) is 0 Å². The zero-order chi connectivity index (χ0) is 16.0. The van der Waals surface area contributed by atoms with Crippen LogP contribution in [0.2, 0.25) is 5.02 Å². The number of halogens is 1. The Kier molecular flexibility index (Phi) is 3.11. The van der Waals surface area contributed by atoms with E-state index in [1.165, 1.54) is 5.39 Å². The van der Waals surface area contributed by atoms with Crippen LogP contribution in [-0.4, -0.2) is 4.40 Å². The number of nitrogens with zero attached hydrogens (tertiary/aromatic N) is 2. The van der Waals surface area contributed by atoms with Gasteiger partial charge >= 0.3 is 0 Å². The highest BCUT2D eigenvalue weighted by molar-refractivity contribution is 6.30. The van der Waals surface area contributed by atoms with Crippen molar-refractivity contribution in [3.05, 3.63) is 77.1 Å². The summed E-state index contributed by atoms with van der Waals surface area (Å²) in [6, 6.07) is 20.3. The van der Waals surface area contributed by atoms with Gasteiger partial charge in [0.25, 0.3) is 0 Å². The minimum absolute atomic E-state index is 0.658. The highest BCUT2D eigenvalue weighted by Crippen LogP contribution is 2.36. The van der Waals surface area contributed by atoms with Crippen molar-refractivity contribution in [2.24, 2.45) is 0 Å². The predicted molar refractivity (Wildman–Crippen MR) is 94.8 cm³/mol. The summed E-state index contributed by atoms with van der Waals surface area (Å²) in [5.74, 6) is 0. The van der Waals surface area contributed by atoms with Gasteiger partial charge in [0.2, 0.25) is 0 Å². The van der Waals surface area contributed by atoms with E-state index < -0.39 is 0 Å². The Morgan fingerprint density at radius 3 is 2.48 bits per heavy atom. The van der Waals surface area contributed by atoms with E-state index in [1.807, 2.05) is 53.1 Å². The Morgan fingerprint density at radius 2 is 1.74 bits per heavy atom. The predicted octanol–water partition coefficient (Wildman–Crippen LogP) is 5.59. The summed E-state index contributed by atoms with van der Waals surface area (Å²) >= 11 is 6.00. The number of rotatable bonds is 1. The molecule has 0 fully saturated rings. The van der Waals surface area contributed by atoms with E-state index in [4.69, 9.17) is 11.6 Å². The molecule has 23 heavy (non-hydrogen) atoms. The van der Waals surface area contributed by atoms with E-state index in [0.29, 0.717) is 10.7 Å². The van der Waals surface area contributed by atoms with Crippen LogP contribution >= 0.6 is 11.6 Å². The lowest BCUT2D eigenvalue weighted by atomic mass is 10.0. The number of fused-ring (bicyclic) bond motifs is 3. The molecule has 0 aliphatic carbocycles. The molecule has 0 saturated carbocycles. The van der Waals surface area contributed by atoms with E-state index in [2.05, 4.69) is 25.1 Å². The largest absolute Gasteiger partial charge is 0.307 e. The van der Waals surface area contributed by atoms with Crippen molar-refractivity contribution < 1.29 is 0 Å². The molecule has 4 aromatic rings. The third-order valence-corrected chi connectivity index (χ3v) is 4.56. The van der Waals surface area contributed by atoms with Crippen LogP contribution in [0.1, 0.15) is 11.3 Å². The van der Waals surface area contributed by atoms with Gasteiger partial charge in [0.15, 0.2) is 0 Å². The smallest absolute Gasteiger partial charge is 0.133 e. The second kappa shape index (κ2) is 5.15. The quantitative estimate of drug-likeness (QED) is 0.449. The van der Waals surface area contributed by atoms with Gasteiger partial charge in [-0.3, -0.25) is 0 Å². The fourth-order valence-electron chi connectivity index (χ4n) is 3.28. The van der Waals surface area contributed by atoms with Crippen molar-refractivity contribution in [3.63, 3.8) is 0 Å². The topological polar surface area (TPSA) is 28.2 Å². The van der Waals surface area contributed by atoms with Crippen LogP contribution in [0.25, 0.3) is 27.4 Å². The van der Waals surface area contributed by atoms with Gasteiger partial charge in [-0.1, -0.05) is 48.0 Å². The first-order chi connectivity index (χ1) is 11.2. The molecule has 110 valence electrons. The number of aryl methyl sites for hydroxylation is 1. The van der Waals surface area contributed by atoms with Crippen LogP contribution < -0.4 is 0 Å². The molecule has 2 aromatic heterocycles. The van der Waals surface area contributed by atoms with Gasteiger partial charge in [0.1, 0.15) is 11.8 Å². The van der Waals surface area contributed by atoms with E-state index in [9.17, 15) is 5.26 Å². The van der Waals surface area contributed by atoms with Crippen LogP contribution in [0.3, 0.4) is 0 Å². The molecule has 0 amide bonds. The SMILES string of the molecule is Cc1c(-c2ccc(Cl)cc2)c(C#N)n2ccc3ccccc3c12. The molecule has 0 aliphatic rings. The zero-order valence-corrected chi connectivity index (χ0v) is 13.3. The number of nitriles is 1. The molecule has 0 radical (unpaired) electrons. The average Bonchev–Trinajstić information content (AvgIpc) is 2.88. The molecule has 0 N–H and O–H groups in total. The second-order valence-corrected chi connectivity index (χ2v) is 6.03. The lowest BCUT2D eigenvalue weighted by Gasteiger charge is -2.03. The Labute approximate surface area is 139 Å². The first kappa shape index (κ1) is 13.9. The molecule has 0 aliphatic heterocycles. The van der Waals surface area contributed by atoms with Gasteiger partial charge in [-0.15, -0.1) is 0 Å². The van der Waals surface area contributed by atoms with Crippen LogP contribution in [-0.2, 0) is 0 Å². The molecule has 3 heteroatoms. The Balaban J connectivity index is 2.17. The minimum Gasteiger partial charge on any atom is -0.307 e. The minimum atomic E-state index is 0.658. The molecule has 2 aromatic carbocycles. The third kappa shape index (κ3) is 2.02. The van der Waals surface area contributed by atoms with Crippen LogP contribution in [0.15, 0.2) is 60.8 Å². The number of aromatic nitrogens is 1. The van der Waals surface area contributed by atoms with Crippen molar-refractivity contribution in [1.29, 1.82) is 5.26 Å². The summed E-state index contributed by atoms with van der Waals surface area (Å²) in [6.07, 6.45) is 1.97. The third-order valence-electron chi connectivity index (χ3n) is 4.31. The molecule has 4 rings (SSSR count). The molecule has 0 saturated heterocycles. The maximum absolute atomic E-state index is 9.72. The normalized spacial score (nSPS) is 11.0. The summed E-state index contributed by atoms with van der Waals surface area (Å²) in [6.45, 7) is 2.08. The summed E-state index contributed by atoms with van der Waals surface area (Å²) in [5.41, 5.74) is 4.84. The van der Waals surface area contributed by atoms with Gasteiger partial charge in [0, 0.05) is 22.2 Å². The maximum Gasteiger partial charge on any atom is 0.133 e. The van der Waals surface area contributed by atoms with Crippen molar-refractivity contribution in [2.45, 2.75) is 6.92 Å². The van der Waals surface area contributed by atoms with Crippen molar-refractivity contribution in [1.82, 2.24) is 4.40 Å². The molecular formula is C20H13ClN2. The highest BCUT2D eigenvalue weighted by Gasteiger charge is 2.18. The Morgan fingerprint density at radius 1 is 1.00 bits per heavy atom. The molecule has 2 heterocycles. The van der Waals surface area contributed by atoms with Crippen LogP contribution in [0.4, 0.5) is 0 Å². The lowest BCUT2D eigenvalue weighted by molar-refractivity contribution is 1.17. The standard InChI is InChI=1S/C20H13ClN2/c1-13-19(15-6-8-16(21)9-7-15)18(12-22)23-11-10-14-4-2-3-5-17(14)20(13)23/h2-11H,1H3. The van der Waals surface area contributed by atoms with Crippen molar-refractivity contribution >= 4 is 27.9 Å². The van der Waals surface area contributed by atoms with Crippen molar-refractivity contribution in [3.8, 4) is 17.2 Å². The molecule has 0 unspecified atom stereocenters. The van der Waals surface area contributed by atoms with Gasteiger partial charge in [0.05, 0.1) is 5.52 Å². The zero-order valence-electron chi connectivity index (χ0n) is 12.5. The van der Waals surface area contributed by atoms with E-state index in [-0.39, 0.29) is 0 Å². The summed E-state index contributed by atoms with van der Waals surface area (Å²) in [4.78, 5) is 0. The molecule has 0 bridgehead atoms. The Bertz CT molecular complexity index is 1080. The Hall–Kier alpha value is -2.76. The number of hydrogen-bond donors (Lipinski definition) is 0. The second-order valence-electron chi connectivity index (χ2n) is 5.59. The van der Waals surface area contributed by atoms with Gasteiger partial charge in [-0.25, -0.2) is 0 Å². The van der Waals surface area contributed by atoms with Crippen LogP contribution in [0, 0.1) is 18.3 Å². The van der Waals surface area contributed by atoms with Gasteiger partial charge in [-0.05, 0) is 41.6 Å². The monoisotopic (exact) mass is 316 g/mol. The summed E-state index contributed by atoms with van der Waals surface area (Å²) in [5, 5.41) is 12.7. The maximum atomic E-state index is 9.72. The molecule has 0 spiro atoms. The van der Waals surface area contributed by atoms with E-state index in [0.717, 1.165) is 27.6 Å². The summed E-state index contributed by atoms with van der Waals surface area (Å²) < 4.78 is 1.99. The fourth-order valence-corrected chi connectivity index (χ4v) is 3.41. The van der Waals surface area contributed by atoms with Crippen molar-refractivity contribution in [2.75, 3.05) is 0 Å². The summed E-state index contributed by atoms with van der Waals surface area (Å²) in [7, 11) is 0. The van der Waals surface area contributed by atoms with Crippen LogP contribution in [0.5, 0.6) is 0 Å². The number of benzene rings is 2. The molecular weight excluding hydrogens is 304 g/mol. The number of hydrogen-bond acceptors (Lipinski definition) is 1. The molecule has 0 atom stereocenters. The lowest BCUT2D eigenvalue weighted by Crippen LogP contribution is -1.89.